The molecule has 0 radical (unpaired) electrons. The first kappa shape index (κ1) is 46.7. The number of nitrogens with zero attached hydrogens (tertiary/aromatic N) is 3. The van der Waals surface area contributed by atoms with Crippen LogP contribution in [0.2, 0.25) is 0 Å². The number of unbranched alkanes of at least 4 members (excludes halogenated alkanes) is 1. The lowest BCUT2D eigenvalue weighted by molar-refractivity contribution is -0.121. The van der Waals surface area contributed by atoms with E-state index in [1.54, 1.807) is 21.3 Å². The van der Waals surface area contributed by atoms with Gasteiger partial charge in [-0.15, -0.1) is 5.10 Å². The molecule has 13 nitrogen and oxygen atoms in total. The van der Waals surface area contributed by atoms with Gasteiger partial charge in [0, 0.05) is 86.5 Å². The summed E-state index contributed by atoms with van der Waals surface area (Å²) in [6.07, 6.45) is 6.13. The number of aromatic nitrogens is 3. The molecule has 1 heterocycles. The van der Waals surface area contributed by atoms with Crippen molar-refractivity contribution in [2.45, 2.75) is 73.3 Å². The van der Waals surface area contributed by atoms with E-state index in [4.69, 9.17) is 33.2 Å². The van der Waals surface area contributed by atoms with Crippen LogP contribution in [0.25, 0.3) is 0 Å². The molecule has 0 bridgehead atoms. The molecular formula is C31H66N4O9. The molecule has 44 heavy (non-hydrogen) atoms. The van der Waals surface area contributed by atoms with Crippen molar-refractivity contribution in [2.75, 3.05) is 114 Å². The zero-order valence-electron chi connectivity index (χ0n) is 29.2. The number of nitrogens with one attached hydrogen (secondary N) is 1. The van der Waals surface area contributed by atoms with E-state index in [2.05, 4.69) is 20.4 Å². The minimum Gasteiger partial charge on any atom is -0.385 e. The van der Waals surface area contributed by atoms with Crippen LogP contribution in [-0.2, 0) is 55.7 Å². The van der Waals surface area contributed by atoms with Gasteiger partial charge in [-0.3, -0.25) is 9.48 Å². The average molecular weight is 639 g/mol. The molecule has 0 saturated heterocycles. The fourth-order valence-corrected chi connectivity index (χ4v) is 2.94. The molecule has 1 aromatic rings. The highest BCUT2D eigenvalue weighted by Gasteiger charge is 2.01. The van der Waals surface area contributed by atoms with Crippen LogP contribution in [-0.4, -0.2) is 135 Å². The van der Waals surface area contributed by atoms with Gasteiger partial charge < -0.3 is 43.2 Å². The second-order valence-electron chi connectivity index (χ2n) is 8.68. The lowest BCUT2D eigenvalue weighted by Crippen LogP contribution is -2.27. The highest BCUT2D eigenvalue weighted by molar-refractivity contribution is 5.75. The lowest BCUT2D eigenvalue weighted by atomic mass is 10.3. The lowest BCUT2D eigenvalue weighted by Gasteiger charge is -2.07. The molecule has 0 unspecified atom stereocenters. The molecule has 264 valence electrons. The van der Waals surface area contributed by atoms with Gasteiger partial charge in [-0.1, -0.05) is 19.1 Å². The predicted octanol–water partition coefficient (Wildman–Crippen LogP) is 3.58. The fourth-order valence-electron chi connectivity index (χ4n) is 2.94. The molecule has 1 rings (SSSR count). The first-order valence-electron chi connectivity index (χ1n) is 16.1. The Balaban J connectivity index is -0.000000647. The van der Waals surface area contributed by atoms with Crippen LogP contribution in [0.15, 0.2) is 6.20 Å². The highest BCUT2D eigenvalue weighted by Crippen LogP contribution is 1.99. The van der Waals surface area contributed by atoms with Crippen LogP contribution in [0.5, 0.6) is 0 Å². The van der Waals surface area contributed by atoms with Crippen LogP contribution in [0.3, 0.4) is 0 Å². The van der Waals surface area contributed by atoms with Crippen LogP contribution in [0, 0.1) is 0 Å². The van der Waals surface area contributed by atoms with Gasteiger partial charge in [0.05, 0.1) is 58.5 Å². The largest absolute Gasteiger partial charge is 0.385 e. The first-order valence-corrected chi connectivity index (χ1v) is 16.1. The maximum absolute atomic E-state index is 11.3. The van der Waals surface area contributed by atoms with Crippen molar-refractivity contribution in [3.63, 3.8) is 0 Å². The van der Waals surface area contributed by atoms with E-state index in [0.29, 0.717) is 79.0 Å². The van der Waals surface area contributed by atoms with Crippen molar-refractivity contribution in [3.8, 4) is 0 Å². The summed E-state index contributed by atoms with van der Waals surface area (Å²) in [4.78, 5) is 11.3. The summed E-state index contributed by atoms with van der Waals surface area (Å²) in [6.45, 7) is 19.7. The number of amides is 1. The number of hydrogen-bond donors (Lipinski definition) is 1. The van der Waals surface area contributed by atoms with E-state index in [0.717, 1.165) is 57.7 Å². The van der Waals surface area contributed by atoms with Gasteiger partial charge in [-0.25, -0.2) is 0 Å². The standard InChI is InChI=1S/C13H25N3O3.C13H27NO5.C3H8O.C2H6/c1-3-18-10-11-19-9-6-13-12-16(15-14-13)7-4-5-8-17-2;1-3-17-9-10-19-12-11-18-8-6-14-13(15)5-4-7-16-2;1-3-4-2;1-2/h12H,3-11H2,1-2H3;3-12H2,1-2H3,(H,14,15);3H2,1-2H3;1-2H3. The van der Waals surface area contributed by atoms with E-state index in [-0.39, 0.29) is 5.91 Å². The molecule has 0 atom stereocenters. The summed E-state index contributed by atoms with van der Waals surface area (Å²) in [5.41, 5.74) is 0.975. The Kier molecular flexibility index (Phi) is 46.1. The molecule has 0 aromatic carbocycles. The summed E-state index contributed by atoms with van der Waals surface area (Å²) in [7, 11) is 5.03. The van der Waals surface area contributed by atoms with Crippen molar-refractivity contribution in [3.05, 3.63) is 11.9 Å². The van der Waals surface area contributed by atoms with Gasteiger partial charge in [0.15, 0.2) is 0 Å². The van der Waals surface area contributed by atoms with Gasteiger partial charge in [0.1, 0.15) is 0 Å². The van der Waals surface area contributed by atoms with Gasteiger partial charge in [-0.2, -0.15) is 0 Å². The summed E-state index contributed by atoms with van der Waals surface area (Å²) in [6, 6.07) is 0. The molecule has 13 heteroatoms. The number of aryl methyl sites for hydroxylation is 1. The Bertz CT molecular complexity index is 653. The highest BCUT2D eigenvalue weighted by atomic mass is 16.5. The number of methoxy groups -OCH3 is 3. The summed E-state index contributed by atoms with van der Waals surface area (Å²) in [5.74, 6) is 0.0358. The summed E-state index contributed by atoms with van der Waals surface area (Å²) < 4.78 is 42.6. The predicted molar refractivity (Wildman–Crippen MR) is 173 cm³/mol. The smallest absolute Gasteiger partial charge is 0.220 e. The van der Waals surface area contributed by atoms with Crippen molar-refractivity contribution < 1.29 is 42.7 Å². The molecule has 1 N–H and O–H groups in total. The van der Waals surface area contributed by atoms with E-state index in [9.17, 15) is 4.79 Å². The maximum atomic E-state index is 11.3. The number of carbonyl (C=O) groups excluding carboxylic acids is 1. The van der Waals surface area contributed by atoms with Crippen molar-refractivity contribution in [1.82, 2.24) is 20.3 Å². The number of hydrogen-bond acceptors (Lipinski definition) is 11. The minimum absolute atomic E-state index is 0.0358. The molecular weight excluding hydrogens is 572 g/mol. The van der Waals surface area contributed by atoms with Crippen LogP contribution in [0.4, 0.5) is 0 Å². The average Bonchev–Trinajstić information content (AvgIpc) is 3.51. The minimum atomic E-state index is 0.0358. The van der Waals surface area contributed by atoms with Gasteiger partial charge in [0.25, 0.3) is 0 Å². The zero-order valence-corrected chi connectivity index (χ0v) is 29.2. The summed E-state index contributed by atoms with van der Waals surface area (Å²) >= 11 is 0. The van der Waals surface area contributed by atoms with Gasteiger partial charge in [-0.05, 0) is 40.0 Å². The second-order valence-corrected chi connectivity index (χ2v) is 8.68. The third kappa shape index (κ3) is 40.3. The number of rotatable bonds is 27. The Hall–Kier alpha value is -1.71. The van der Waals surface area contributed by atoms with Crippen molar-refractivity contribution >= 4 is 5.91 Å². The maximum Gasteiger partial charge on any atom is 0.220 e. The summed E-state index contributed by atoms with van der Waals surface area (Å²) in [5, 5.41) is 11.0. The molecule has 1 aromatic heterocycles. The van der Waals surface area contributed by atoms with E-state index >= 15 is 0 Å². The van der Waals surface area contributed by atoms with Crippen LogP contribution in [0.1, 0.15) is 66.0 Å². The third-order valence-corrected chi connectivity index (χ3v) is 5.21. The Morgan fingerprint density at radius 2 is 1.20 bits per heavy atom. The molecule has 0 aliphatic heterocycles. The van der Waals surface area contributed by atoms with Crippen molar-refractivity contribution in [1.29, 1.82) is 0 Å². The van der Waals surface area contributed by atoms with Crippen LogP contribution < -0.4 is 5.32 Å². The molecule has 0 saturated carbocycles. The normalized spacial score (nSPS) is 10.2. The fraction of sp³-hybridized carbons (Fsp3) is 0.903. The topological polar surface area (TPSA) is 134 Å². The van der Waals surface area contributed by atoms with E-state index < -0.39 is 0 Å². The number of ether oxygens (including phenoxy) is 8. The van der Waals surface area contributed by atoms with Crippen LogP contribution >= 0.6 is 0 Å². The van der Waals surface area contributed by atoms with Gasteiger partial charge >= 0.3 is 0 Å². The Labute approximate surface area is 267 Å². The molecule has 0 aliphatic carbocycles. The molecule has 0 aliphatic rings. The zero-order chi connectivity index (χ0) is 33.4. The van der Waals surface area contributed by atoms with E-state index in [1.165, 1.54) is 0 Å². The number of carbonyl (C=O) groups is 1. The SMILES string of the molecule is CC.CCOC.CCOCCOCCOCCNC(=O)CCCOC.CCOCCOCCc1cn(CCCCOC)nn1. The molecule has 0 spiro atoms. The van der Waals surface area contributed by atoms with Gasteiger partial charge in [0.2, 0.25) is 5.91 Å². The van der Waals surface area contributed by atoms with Crippen molar-refractivity contribution in [2.24, 2.45) is 0 Å². The molecule has 0 fully saturated rings. The quantitative estimate of drug-likeness (QED) is 0.142. The first-order chi connectivity index (χ1) is 21.6. The van der Waals surface area contributed by atoms with E-state index in [1.807, 2.05) is 45.5 Å². The monoisotopic (exact) mass is 638 g/mol. The Morgan fingerprint density at radius 1 is 0.682 bits per heavy atom. The third-order valence-electron chi connectivity index (χ3n) is 5.21. The molecule has 1 amide bonds. The Morgan fingerprint density at radius 3 is 1.75 bits per heavy atom. The second kappa shape index (κ2) is 43.4.